The molecule has 4 rings (SSSR count). The van der Waals surface area contributed by atoms with E-state index in [1.165, 1.54) is 17.8 Å². The second-order valence-corrected chi connectivity index (χ2v) is 9.22. The van der Waals surface area contributed by atoms with Crippen molar-refractivity contribution in [3.05, 3.63) is 59.7 Å². The average molecular weight is 478 g/mol. The third-order valence-electron chi connectivity index (χ3n) is 6.03. The van der Waals surface area contributed by atoms with E-state index in [-0.39, 0.29) is 11.8 Å². The fourth-order valence-electron chi connectivity index (χ4n) is 4.18. The average Bonchev–Trinajstić information content (AvgIpc) is 3.37. The molecule has 0 radical (unpaired) electrons. The van der Waals surface area contributed by atoms with Crippen LogP contribution in [0.4, 0.5) is 18.9 Å². The zero-order valence-electron chi connectivity index (χ0n) is 18.2. The van der Waals surface area contributed by atoms with Gasteiger partial charge >= 0.3 is 6.18 Å². The zero-order valence-corrected chi connectivity index (χ0v) is 19.0. The third kappa shape index (κ3) is 5.63. The van der Waals surface area contributed by atoms with Gasteiger partial charge < -0.3 is 14.7 Å². The van der Waals surface area contributed by atoms with Crippen molar-refractivity contribution in [1.82, 2.24) is 9.80 Å². The molecule has 0 unspecified atom stereocenters. The van der Waals surface area contributed by atoms with Crippen molar-refractivity contribution < 1.29 is 22.8 Å². The maximum atomic E-state index is 13.2. The summed E-state index contributed by atoms with van der Waals surface area (Å²) in [7, 11) is 0. The fourth-order valence-corrected chi connectivity index (χ4v) is 5.13. The van der Waals surface area contributed by atoms with Crippen LogP contribution in [0, 0.1) is 0 Å². The number of halogens is 3. The summed E-state index contributed by atoms with van der Waals surface area (Å²) in [6.07, 6.45) is -2.30. The van der Waals surface area contributed by atoms with Crippen LogP contribution in [0.15, 0.2) is 53.4 Å². The summed E-state index contributed by atoms with van der Waals surface area (Å²) in [4.78, 5) is 31.8. The lowest BCUT2D eigenvalue weighted by Gasteiger charge is -2.36. The summed E-state index contributed by atoms with van der Waals surface area (Å²) in [6, 6.07) is 12.6. The van der Waals surface area contributed by atoms with Crippen LogP contribution < -0.4 is 4.90 Å². The molecule has 2 heterocycles. The molecule has 2 amide bonds. The van der Waals surface area contributed by atoms with Gasteiger partial charge in [-0.15, -0.1) is 11.8 Å². The van der Waals surface area contributed by atoms with Crippen molar-refractivity contribution >= 4 is 29.3 Å². The van der Waals surface area contributed by atoms with Crippen LogP contribution in [-0.2, 0) is 11.0 Å². The maximum Gasteiger partial charge on any atom is 0.416 e. The number of rotatable bonds is 5. The Balaban J connectivity index is 1.37. The van der Waals surface area contributed by atoms with E-state index >= 15 is 0 Å². The van der Waals surface area contributed by atoms with Crippen molar-refractivity contribution in [3.8, 4) is 0 Å². The van der Waals surface area contributed by atoms with Crippen LogP contribution >= 0.6 is 11.8 Å². The van der Waals surface area contributed by atoms with Crippen molar-refractivity contribution in [2.75, 3.05) is 49.9 Å². The van der Waals surface area contributed by atoms with Gasteiger partial charge in [-0.2, -0.15) is 13.2 Å². The number of benzene rings is 2. The summed E-state index contributed by atoms with van der Waals surface area (Å²) in [5.74, 6) is 0.276. The number of piperazine rings is 1. The Kier molecular flexibility index (Phi) is 7.17. The van der Waals surface area contributed by atoms with Crippen LogP contribution in [0.3, 0.4) is 0 Å². The molecular weight excluding hydrogens is 451 g/mol. The molecule has 2 fully saturated rings. The summed E-state index contributed by atoms with van der Waals surface area (Å²) >= 11 is 1.38. The molecule has 9 heteroatoms. The molecule has 2 aromatic carbocycles. The topological polar surface area (TPSA) is 43.9 Å². The largest absolute Gasteiger partial charge is 0.416 e. The van der Waals surface area contributed by atoms with Gasteiger partial charge in [0.25, 0.3) is 5.91 Å². The molecule has 2 saturated heterocycles. The van der Waals surface area contributed by atoms with Gasteiger partial charge in [0, 0.05) is 49.9 Å². The Morgan fingerprint density at radius 1 is 0.848 bits per heavy atom. The van der Waals surface area contributed by atoms with Crippen LogP contribution in [0.2, 0.25) is 0 Å². The van der Waals surface area contributed by atoms with Crippen molar-refractivity contribution in [2.24, 2.45) is 0 Å². The number of thioether (sulfide) groups is 1. The molecule has 0 saturated carbocycles. The van der Waals surface area contributed by atoms with Crippen molar-refractivity contribution in [1.29, 1.82) is 0 Å². The molecule has 0 aromatic heterocycles. The first-order valence-electron chi connectivity index (χ1n) is 11.0. The number of alkyl halides is 3. The minimum Gasteiger partial charge on any atom is -0.368 e. The smallest absolute Gasteiger partial charge is 0.368 e. The molecule has 2 aromatic rings. The summed E-state index contributed by atoms with van der Waals surface area (Å²) < 4.78 is 39.1. The molecule has 33 heavy (non-hydrogen) atoms. The molecule has 2 aliphatic heterocycles. The number of amides is 2. The summed E-state index contributed by atoms with van der Waals surface area (Å²) in [5, 5.41) is 0. The van der Waals surface area contributed by atoms with Gasteiger partial charge in [-0.1, -0.05) is 18.2 Å². The van der Waals surface area contributed by atoms with E-state index in [4.69, 9.17) is 0 Å². The highest BCUT2D eigenvalue weighted by Crippen LogP contribution is 2.32. The highest BCUT2D eigenvalue weighted by Gasteiger charge is 2.31. The van der Waals surface area contributed by atoms with Gasteiger partial charge in [0.05, 0.1) is 16.9 Å². The number of hydrogen-bond acceptors (Lipinski definition) is 4. The van der Waals surface area contributed by atoms with E-state index in [1.807, 2.05) is 21.9 Å². The predicted molar refractivity (Wildman–Crippen MR) is 123 cm³/mol. The van der Waals surface area contributed by atoms with Gasteiger partial charge in [-0.05, 0) is 43.2 Å². The maximum absolute atomic E-state index is 13.2. The Labute approximate surface area is 195 Å². The number of hydrogen-bond donors (Lipinski definition) is 0. The second kappa shape index (κ2) is 10.1. The molecule has 0 spiro atoms. The standard InChI is InChI=1S/C24H26F3N3O2S/c25-24(26,27)18-6-5-7-19(16-18)28-12-14-30(15-13-28)23(32)20-8-1-2-9-21(20)33-17-22(31)29-10-3-4-11-29/h1-2,5-9,16H,3-4,10-15,17H2. The zero-order chi connectivity index (χ0) is 23.4. The van der Waals surface area contributed by atoms with Crippen LogP contribution in [0.5, 0.6) is 0 Å². The van der Waals surface area contributed by atoms with Crippen molar-refractivity contribution in [2.45, 2.75) is 23.9 Å². The number of carbonyl (C=O) groups excluding carboxylic acids is 2. The normalized spacial score (nSPS) is 16.9. The van der Waals surface area contributed by atoms with Crippen molar-refractivity contribution in [3.63, 3.8) is 0 Å². The van der Waals surface area contributed by atoms with Crippen LogP contribution in [0.25, 0.3) is 0 Å². The molecule has 5 nitrogen and oxygen atoms in total. The molecule has 0 aliphatic carbocycles. The summed E-state index contributed by atoms with van der Waals surface area (Å²) in [6.45, 7) is 3.35. The SMILES string of the molecule is O=C(CSc1ccccc1C(=O)N1CCN(c2cccc(C(F)(F)F)c2)CC1)N1CCCC1. The Bertz CT molecular complexity index is 1000. The first-order chi connectivity index (χ1) is 15.8. The van der Waals surface area contributed by atoms with Gasteiger partial charge in [0.2, 0.25) is 5.91 Å². The van der Waals surface area contributed by atoms with Gasteiger partial charge in [-0.3, -0.25) is 9.59 Å². The van der Waals surface area contributed by atoms with E-state index in [9.17, 15) is 22.8 Å². The fraction of sp³-hybridized carbons (Fsp3) is 0.417. The van der Waals surface area contributed by atoms with Crippen LogP contribution in [-0.4, -0.2) is 66.6 Å². The monoisotopic (exact) mass is 477 g/mol. The quantitative estimate of drug-likeness (QED) is 0.600. The number of likely N-dealkylation sites (tertiary alicyclic amines) is 1. The second-order valence-electron chi connectivity index (χ2n) is 8.20. The number of nitrogens with zero attached hydrogens (tertiary/aromatic N) is 3. The first kappa shape index (κ1) is 23.5. The Morgan fingerprint density at radius 2 is 1.55 bits per heavy atom. The predicted octanol–water partition coefficient (Wildman–Crippen LogP) is 4.38. The van der Waals surface area contributed by atoms with E-state index < -0.39 is 11.7 Å². The van der Waals surface area contributed by atoms with E-state index in [0.717, 1.165) is 43.0 Å². The lowest BCUT2D eigenvalue weighted by Crippen LogP contribution is -2.49. The molecular formula is C24H26F3N3O2S. The first-order valence-corrected chi connectivity index (χ1v) is 12.0. The minimum absolute atomic E-state index is 0.0921. The van der Waals surface area contributed by atoms with Gasteiger partial charge in [-0.25, -0.2) is 0 Å². The highest BCUT2D eigenvalue weighted by atomic mass is 32.2. The number of anilines is 1. The molecule has 0 N–H and O–H groups in total. The van der Waals surface area contributed by atoms with E-state index in [2.05, 4.69) is 0 Å². The Hall–Kier alpha value is -2.68. The lowest BCUT2D eigenvalue weighted by molar-refractivity contribution is -0.137. The van der Waals surface area contributed by atoms with Gasteiger partial charge in [0.1, 0.15) is 0 Å². The van der Waals surface area contributed by atoms with E-state index in [1.54, 1.807) is 23.1 Å². The lowest BCUT2D eigenvalue weighted by atomic mass is 10.1. The Morgan fingerprint density at radius 3 is 2.24 bits per heavy atom. The van der Waals surface area contributed by atoms with Crippen LogP contribution in [0.1, 0.15) is 28.8 Å². The molecule has 0 bridgehead atoms. The summed E-state index contributed by atoms with van der Waals surface area (Å²) in [5.41, 5.74) is 0.394. The molecule has 2 aliphatic rings. The minimum atomic E-state index is -4.38. The van der Waals surface area contributed by atoms with E-state index in [0.29, 0.717) is 43.2 Å². The number of carbonyl (C=O) groups is 2. The molecule has 0 atom stereocenters. The molecule has 176 valence electrons. The highest BCUT2D eigenvalue weighted by molar-refractivity contribution is 8.00. The van der Waals surface area contributed by atoms with Gasteiger partial charge in [0.15, 0.2) is 0 Å². The third-order valence-corrected chi connectivity index (χ3v) is 7.09.